The van der Waals surface area contributed by atoms with Gasteiger partial charge in [0.2, 0.25) is 0 Å². The standard InChI is InChI=1S/C10H21NO2/c1-8(2)9-6-10(7-12,11-3)4-5-13-9/h8-9,11-12H,4-7H2,1-3H3. The summed E-state index contributed by atoms with van der Waals surface area (Å²) in [6.07, 6.45) is 2.11. The van der Waals surface area contributed by atoms with E-state index in [1.807, 2.05) is 7.05 Å². The quantitative estimate of drug-likeness (QED) is 0.686. The van der Waals surface area contributed by atoms with Gasteiger partial charge in [0.15, 0.2) is 0 Å². The van der Waals surface area contributed by atoms with Crippen molar-refractivity contribution in [2.75, 3.05) is 20.3 Å². The molecule has 3 heteroatoms. The van der Waals surface area contributed by atoms with E-state index in [-0.39, 0.29) is 18.2 Å². The van der Waals surface area contributed by atoms with Gasteiger partial charge in [-0.3, -0.25) is 0 Å². The van der Waals surface area contributed by atoms with Crippen molar-refractivity contribution in [2.45, 2.75) is 38.3 Å². The SMILES string of the molecule is CNC1(CO)CCOC(C(C)C)C1. The van der Waals surface area contributed by atoms with Crippen LogP contribution in [-0.2, 0) is 4.74 Å². The Kier molecular flexibility index (Phi) is 3.71. The van der Waals surface area contributed by atoms with Crippen molar-refractivity contribution in [3.05, 3.63) is 0 Å². The van der Waals surface area contributed by atoms with Gasteiger partial charge in [0.05, 0.1) is 12.7 Å². The molecular formula is C10H21NO2. The molecule has 78 valence electrons. The van der Waals surface area contributed by atoms with E-state index < -0.39 is 0 Å². The third-order valence-electron chi connectivity index (χ3n) is 3.08. The lowest BCUT2D eigenvalue weighted by atomic mass is 9.84. The van der Waals surface area contributed by atoms with Crippen LogP contribution < -0.4 is 5.32 Å². The number of aliphatic hydroxyl groups is 1. The molecule has 0 spiro atoms. The minimum absolute atomic E-state index is 0.104. The van der Waals surface area contributed by atoms with Crippen molar-refractivity contribution in [2.24, 2.45) is 5.92 Å². The molecule has 1 heterocycles. The first-order valence-electron chi connectivity index (χ1n) is 5.05. The Hall–Kier alpha value is -0.120. The van der Waals surface area contributed by atoms with Crippen LogP contribution in [0.1, 0.15) is 26.7 Å². The summed E-state index contributed by atoms with van der Waals surface area (Å²) in [4.78, 5) is 0. The van der Waals surface area contributed by atoms with Crippen LogP contribution in [0.15, 0.2) is 0 Å². The number of likely N-dealkylation sites (N-methyl/N-ethyl adjacent to an activating group) is 1. The van der Waals surface area contributed by atoms with E-state index in [0.29, 0.717) is 5.92 Å². The van der Waals surface area contributed by atoms with Gasteiger partial charge in [-0.2, -0.15) is 0 Å². The summed E-state index contributed by atoms with van der Waals surface area (Å²) in [6, 6.07) is 0. The summed E-state index contributed by atoms with van der Waals surface area (Å²) >= 11 is 0. The van der Waals surface area contributed by atoms with Crippen molar-refractivity contribution in [3.63, 3.8) is 0 Å². The van der Waals surface area contributed by atoms with E-state index in [1.165, 1.54) is 0 Å². The number of hydrogen-bond donors (Lipinski definition) is 2. The first kappa shape index (κ1) is 11.0. The molecule has 2 N–H and O–H groups in total. The zero-order chi connectivity index (χ0) is 9.90. The molecule has 2 atom stereocenters. The van der Waals surface area contributed by atoms with Crippen LogP contribution in [0.4, 0.5) is 0 Å². The van der Waals surface area contributed by atoms with Crippen LogP contribution in [-0.4, -0.2) is 37.0 Å². The summed E-state index contributed by atoms with van der Waals surface area (Å²) in [7, 11) is 1.92. The second kappa shape index (κ2) is 4.40. The summed E-state index contributed by atoms with van der Waals surface area (Å²) in [5.74, 6) is 0.527. The van der Waals surface area contributed by atoms with E-state index in [2.05, 4.69) is 19.2 Å². The van der Waals surface area contributed by atoms with Gasteiger partial charge in [0.25, 0.3) is 0 Å². The predicted molar refractivity (Wildman–Crippen MR) is 52.7 cm³/mol. The van der Waals surface area contributed by atoms with Crippen LogP contribution >= 0.6 is 0 Å². The maximum Gasteiger partial charge on any atom is 0.0616 e. The van der Waals surface area contributed by atoms with Crippen molar-refractivity contribution in [1.82, 2.24) is 5.32 Å². The van der Waals surface area contributed by atoms with Crippen LogP contribution in [0.25, 0.3) is 0 Å². The number of nitrogens with one attached hydrogen (secondary N) is 1. The van der Waals surface area contributed by atoms with Crippen molar-refractivity contribution in [1.29, 1.82) is 0 Å². The van der Waals surface area contributed by atoms with Crippen molar-refractivity contribution in [3.8, 4) is 0 Å². The van der Waals surface area contributed by atoms with E-state index in [0.717, 1.165) is 19.4 Å². The molecule has 13 heavy (non-hydrogen) atoms. The van der Waals surface area contributed by atoms with E-state index in [9.17, 15) is 5.11 Å². The fraction of sp³-hybridized carbons (Fsp3) is 1.00. The number of aliphatic hydroxyl groups excluding tert-OH is 1. The molecule has 0 bridgehead atoms. The molecule has 2 unspecified atom stereocenters. The highest BCUT2D eigenvalue weighted by atomic mass is 16.5. The Labute approximate surface area is 80.5 Å². The maximum atomic E-state index is 9.32. The molecule has 1 rings (SSSR count). The lowest BCUT2D eigenvalue weighted by Gasteiger charge is -2.41. The summed E-state index contributed by atoms with van der Waals surface area (Å²) in [6.45, 7) is 5.28. The first-order valence-corrected chi connectivity index (χ1v) is 5.05. The Morgan fingerprint density at radius 1 is 1.62 bits per heavy atom. The molecule has 0 aromatic rings. The highest BCUT2D eigenvalue weighted by Gasteiger charge is 2.36. The zero-order valence-electron chi connectivity index (χ0n) is 8.84. The van der Waals surface area contributed by atoms with Gasteiger partial charge in [-0.25, -0.2) is 0 Å². The van der Waals surface area contributed by atoms with Gasteiger partial charge >= 0.3 is 0 Å². The van der Waals surface area contributed by atoms with E-state index in [4.69, 9.17) is 4.74 Å². The molecule has 0 radical (unpaired) electrons. The summed E-state index contributed by atoms with van der Waals surface area (Å²) in [5, 5.41) is 12.5. The monoisotopic (exact) mass is 187 g/mol. The normalized spacial score (nSPS) is 35.3. The molecule has 0 saturated carbocycles. The molecule has 0 amide bonds. The van der Waals surface area contributed by atoms with Crippen molar-refractivity contribution >= 4 is 0 Å². The van der Waals surface area contributed by atoms with Gasteiger partial charge < -0.3 is 15.2 Å². The fourth-order valence-corrected chi connectivity index (χ4v) is 1.83. The smallest absolute Gasteiger partial charge is 0.0616 e. The number of rotatable bonds is 3. The molecule has 1 aliphatic heterocycles. The van der Waals surface area contributed by atoms with E-state index >= 15 is 0 Å². The second-order valence-electron chi connectivity index (χ2n) is 4.30. The average Bonchev–Trinajstić information content (AvgIpc) is 2.18. The van der Waals surface area contributed by atoms with Crippen molar-refractivity contribution < 1.29 is 9.84 Å². The van der Waals surface area contributed by atoms with Gasteiger partial charge in [-0.05, 0) is 25.8 Å². The van der Waals surface area contributed by atoms with Gasteiger partial charge in [0.1, 0.15) is 0 Å². The summed E-state index contributed by atoms with van der Waals surface area (Å²) in [5.41, 5.74) is -0.104. The maximum absolute atomic E-state index is 9.32. The molecule has 3 nitrogen and oxygen atoms in total. The molecular weight excluding hydrogens is 166 g/mol. The van der Waals surface area contributed by atoms with Crippen LogP contribution in [0.2, 0.25) is 0 Å². The second-order valence-corrected chi connectivity index (χ2v) is 4.30. The molecule has 0 aromatic heterocycles. The van der Waals surface area contributed by atoms with Crippen LogP contribution in [0.5, 0.6) is 0 Å². The molecule has 1 aliphatic rings. The lowest BCUT2D eigenvalue weighted by molar-refractivity contribution is -0.0624. The minimum Gasteiger partial charge on any atom is -0.394 e. The zero-order valence-corrected chi connectivity index (χ0v) is 8.84. The Bertz CT molecular complexity index is 155. The summed E-state index contributed by atoms with van der Waals surface area (Å²) < 4.78 is 5.65. The number of hydrogen-bond acceptors (Lipinski definition) is 3. The Morgan fingerprint density at radius 2 is 2.31 bits per heavy atom. The third-order valence-corrected chi connectivity index (χ3v) is 3.08. The highest BCUT2D eigenvalue weighted by molar-refractivity contribution is 4.92. The van der Waals surface area contributed by atoms with E-state index in [1.54, 1.807) is 0 Å². The molecule has 0 aliphatic carbocycles. The molecule has 1 saturated heterocycles. The minimum atomic E-state index is -0.104. The predicted octanol–water partition coefficient (Wildman–Crippen LogP) is 0.772. The average molecular weight is 187 g/mol. The molecule has 1 fully saturated rings. The lowest BCUT2D eigenvalue weighted by Crippen LogP contribution is -2.53. The van der Waals surface area contributed by atoms with Crippen LogP contribution in [0, 0.1) is 5.92 Å². The van der Waals surface area contributed by atoms with Gasteiger partial charge in [-0.15, -0.1) is 0 Å². The fourth-order valence-electron chi connectivity index (χ4n) is 1.83. The number of ether oxygens (including phenoxy) is 1. The first-order chi connectivity index (χ1) is 6.13. The Morgan fingerprint density at radius 3 is 2.77 bits per heavy atom. The topological polar surface area (TPSA) is 41.5 Å². The highest BCUT2D eigenvalue weighted by Crippen LogP contribution is 2.27. The third kappa shape index (κ3) is 2.42. The van der Waals surface area contributed by atoms with Gasteiger partial charge in [-0.1, -0.05) is 13.8 Å². The molecule has 0 aromatic carbocycles. The van der Waals surface area contributed by atoms with Crippen LogP contribution in [0.3, 0.4) is 0 Å². The largest absolute Gasteiger partial charge is 0.394 e. The Balaban J connectivity index is 2.58. The van der Waals surface area contributed by atoms with Gasteiger partial charge in [0, 0.05) is 12.1 Å².